The second kappa shape index (κ2) is 4.97. The van der Waals surface area contributed by atoms with Gasteiger partial charge >= 0.3 is 0 Å². The minimum Gasteiger partial charge on any atom is -0.438 e. The lowest BCUT2D eigenvalue weighted by Gasteiger charge is -2.17. The molecule has 0 radical (unpaired) electrons. The number of aromatic nitrogens is 2. The number of nitrogens with zero attached hydrogens (tertiary/aromatic N) is 3. The molecule has 3 rings (SSSR count). The van der Waals surface area contributed by atoms with Crippen LogP contribution in [0.15, 0.2) is 30.3 Å². The molecule has 1 aromatic heterocycles. The van der Waals surface area contributed by atoms with Crippen molar-refractivity contribution in [3.8, 4) is 17.7 Å². The van der Waals surface area contributed by atoms with Crippen molar-refractivity contribution in [2.45, 2.75) is 12.8 Å². The number of aryl methyl sites for hydroxylation is 1. The minimum absolute atomic E-state index is 0.0316. The van der Waals surface area contributed by atoms with Gasteiger partial charge in [-0.3, -0.25) is 4.79 Å². The summed E-state index contributed by atoms with van der Waals surface area (Å²) in [4.78, 5) is 11.3. The number of nitriles is 1. The Morgan fingerprint density at radius 3 is 2.85 bits per heavy atom. The second-order valence-corrected chi connectivity index (χ2v) is 4.34. The average molecular weight is 266 g/mol. The first kappa shape index (κ1) is 12.1. The van der Waals surface area contributed by atoms with Crippen LogP contribution in [-0.2, 0) is 11.2 Å². The lowest BCUT2D eigenvalue weighted by atomic mass is 10.0. The molecule has 6 nitrogen and oxygen atoms in total. The Morgan fingerprint density at radius 2 is 2.10 bits per heavy atom. The van der Waals surface area contributed by atoms with Crippen molar-refractivity contribution in [3.63, 3.8) is 0 Å². The number of rotatable bonds is 2. The van der Waals surface area contributed by atoms with E-state index >= 15 is 0 Å². The van der Waals surface area contributed by atoms with Crippen LogP contribution in [0.4, 0.5) is 5.69 Å². The zero-order valence-electron chi connectivity index (χ0n) is 10.5. The van der Waals surface area contributed by atoms with Crippen LogP contribution in [-0.4, -0.2) is 16.1 Å². The van der Waals surface area contributed by atoms with Crippen LogP contribution in [0.3, 0.4) is 0 Å². The smallest absolute Gasteiger partial charge is 0.238 e. The van der Waals surface area contributed by atoms with Gasteiger partial charge in [-0.2, -0.15) is 5.26 Å². The van der Waals surface area contributed by atoms with E-state index in [-0.39, 0.29) is 11.6 Å². The van der Waals surface area contributed by atoms with E-state index in [2.05, 4.69) is 15.5 Å². The average Bonchev–Trinajstić information content (AvgIpc) is 2.48. The Labute approximate surface area is 115 Å². The molecule has 0 saturated carbocycles. The lowest BCUT2D eigenvalue weighted by Crippen LogP contribution is -2.18. The van der Waals surface area contributed by atoms with E-state index in [4.69, 9.17) is 10.00 Å². The molecule has 0 aliphatic carbocycles. The van der Waals surface area contributed by atoms with Crippen LogP contribution in [0.2, 0.25) is 0 Å². The molecule has 0 unspecified atom stereocenters. The van der Waals surface area contributed by atoms with Crippen molar-refractivity contribution < 1.29 is 9.53 Å². The molecule has 20 heavy (non-hydrogen) atoms. The zero-order chi connectivity index (χ0) is 13.9. The maximum Gasteiger partial charge on any atom is 0.238 e. The minimum atomic E-state index is 0.0316. The molecule has 1 N–H and O–H groups in total. The van der Waals surface area contributed by atoms with Gasteiger partial charge in [0.1, 0.15) is 11.8 Å². The highest BCUT2D eigenvalue weighted by molar-refractivity contribution is 5.94. The standard InChI is InChI=1S/C14H10N4O2/c15-8-10-2-6-14(18-17-10)20-11-3-4-12-9(7-11)1-5-13(19)16-12/h2-4,6-7H,1,5H2,(H,16,19). The van der Waals surface area contributed by atoms with Crippen LogP contribution in [0.25, 0.3) is 0 Å². The first-order valence-electron chi connectivity index (χ1n) is 6.09. The molecule has 98 valence electrons. The van der Waals surface area contributed by atoms with Crippen molar-refractivity contribution in [1.29, 1.82) is 5.26 Å². The molecular formula is C14H10N4O2. The Balaban J connectivity index is 1.81. The Bertz CT molecular complexity index is 704. The maximum absolute atomic E-state index is 11.3. The molecule has 0 spiro atoms. The number of hydrogen-bond acceptors (Lipinski definition) is 5. The van der Waals surface area contributed by atoms with E-state index in [9.17, 15) is 4.79 Å². The van der Waals surface area contributed by atoms with Crippen LogP contribution in [0.5, 0.6) is 11.6 Å². The summed E-state index contributed by atoms with van der Waals surface area (Å²) in [5.41, 5.74) is 2.09. The van der Waals surface area contributed by atoms with E-state index in [1.165, 1.54) is 0 Å². The molecule has 0 fully saturated rings. The summed E-state index contributed by atoms with van der Waals surface area (Å²) >= 11 is 0. The third kappa shape index (κ3) is 2.42. The number of fused-ring (bicyclic) bond motifs is 1. The van der Waals surface area contributed by atoms with E-state index in [1.54, 1.807) is 24.3 Å². The topological polar surface area (TPSA) is 87.9 Å². The normalized spacial score (nSPS) is 13.1. The summed E-state index contributed by atoms with van der Waals surface area (Å²) in [5.74, 6) is 0.979. The number of carbonyl (C=O) groups excluding carboxylic acids is 1. The number of benzene rings is 1. The number of carbonyl (C=O) groups is 1. The van der Waals surface area contributed by atoms with Crippen LogP contribution in [0, 0.1) is 11.3 Å². The molecule has 2 aromatic rings. The largest absolute Gasteiger partial charge is 0.438 e. The fourth-order valence-corrected chi connectivity index (χ4v) is 1.98. The Hall–Kier alpha value is -2.94. The Morgan fingerprint density at radius 1 is 1.20 bits per heavy atom. The summed E-state index contributed by atoms with van der Waals surface area (Å²) in [5, 5.41) is 19.0. The highest BCUT2D eigenvalue weighted by Crippen LogP contribution is 2.28. The predicted molar refractivity (Wildman–Crippen MR) is 70.2 cm³/mol. The SMILES string of the molecule is N#Cc1ccc(Oc2ccc3c(c2)CCC(=O)N3)nn1. The first-order chi connectivity index (χ1) is 9.74. The van der Waals surface area contributed by atoms with Gasteiger partial charge in [-0.25, -0.2) is 0 Å². The highest BCUT2D eigenvalue weighted by Gasteiger charge is 2.15. The number of anilines is 1. The summed E-state index contributed by atoms with van der Waals surface area (Å²) in [6, 6.07) is 10.5. The summed E-state index contributed by atoms with van der Waals surface area (Å²) < 4.78 is 5.58. The molecule has 1 aliphatic heterocycles. The third-order valence-corrected chi connectivity index (χ3v) is 2.95. The van der Waals surface area contributed by atoms with Crippen LogP contribution >= 0.6 is 0 Å². The predicted octanol–water partition coefficient (Wildman–Crippen LogP) is 2.03. The van der Waals surface area contributed by atoms with Crippen molar-refractivity contribution in [2.24, 2.45) is 0 Å². The molecule has 0 bridgehead atoms. The number of hydrogen-bond donors (Lipinski definition) is 1. The van der Waals surface area contributed by atoms with Gasteiger partial charge < -0.3 is 10.1 Å². The Kier molecular flexibility index (Phi) is 3.01. The first-order valence-corrected chi connectivity index (χ1v) is 6.09. The van der Waals surface area contributed by atoms with Crippen molar-refractivity contribution in [3.05, 3.63) is 41.6 Å². The molecule has 0 saturated heterocycles. The van der Waals surface area contributed by atoms with E-state index in [0.29, 0.717) is 24.5 Å². The molecule has 1 aromatic carbocycles. The molecular weight excluding hydrogens is 256 g/mol. The third-order valence-electron chi connectivity index (χ3n) is 2.95. The number of amides is 1. The molecule has 6 heteroatoms. The molecule has 1 amide bonds. The molecule has 1 aliphatic rings. The maximum atomic E-state index is 11.3. The fourth-order valence-electron chi connectivity index (χ4n) is 1.98. The summed E-state index contributed by atoms with van der Waals surface area (Å²) in [7, 11) is 0. The molecule has 2 heterocycles. The van der Waals surface area contributed by atoms with Crippen molar-refractivity contribution >= 4 is 11.6 Å². The number of nitrogens with one attached hydrogen (secondary N) is 1. The second-order valence-electron chi connectivity index (χ2n) is 4.34. The van der Waals surface area contributed by atoms with E-state index < -0.39 is 0 Å². The number of ether oxygens (including phenoxy) is 1. The van der Waals surface area contributed by atoms with E-state index in [0.717, 1.165) is 11.3 Å². The van der Waals surface area contributed by atoms with Gasteiger partial charge in [0, 0.05) is 18.2 Å². The van der Waals surface area contributed by atoms with Crippen molar-refractivity contribution in [2.75, 3.05) is 5.32 Å². The quantitative estimate of drug-likeness (QED) is 0.898. The van der Waals surface area contributed by atoms with Gasteiger partial charge in [0.2, 0.25) is 11.8 Å². The molecule has 0 atom stereocenters. The van der Waals surface area contributed by atoms with Gasteiger partial charge in [-0.05, 0) is 36.2 Å². The van der Waals surface area contributed by atoms with Gasteiger partial charge in [0.25, 0.3) is 0 Å². The van der Waals surface area contributed by atoms with Crippen molar-refractivity contribution in [1.82, 2.24) is 10.2 Å². The van der Waals surface area contributed by atoms with E-state index in [1.807, 2.05) is 12.1 Å². The van der Waals surface area contributed by atoms with Gasteiger partial charge in [-0.15, -0.1) is 10.2 Å². The lowest BCUT2D eigenvalue weighted by molar-refractivity contribution is -0.116. The highest BCUT2D eigenvalue weighted by atomic mass is 16.5. The van der Waals surface area contributed by atoms with Crippen LogP contribution in [0.1, 0.15) is 17.7 Å². The van der Waals surface area contributed by atoms with Gasteiger partial charge in [0.15, 0.2) is 5.69 Å². The fraction of sp³-hybridized carbons (Fsp3) is 0.143. The summed E-state index contributed by atoms with van der Waals surface area (Å²) in [6.07, 6.45) is 1.17. The summed E-state index contributed by atoms with van der Waals surface area (Å²) in [6.45, 7) is 0. The van der Waals surface area contributed by atoms with Gasteiger partial charge in [0.05, 0.1) is 0 Å². The van der Waals surface area contributed by atoms with Gasteiger partial charge in [-0.1, -0.05) is 0 Å². The monoisotopic (exact) mass is 266 g/mol. The zero-order valence-corrected chi connectivity index (χ0v) is 10.5. The van der Waals surface area contributed by atoms with Crippen LogP contribution < -0.4 is 10.1 Å².